The van der Waals surface area contributed by atoms with Crippen LogP contribution in [0.1, 0.15) is 24.3 Å². The van der Waals surface area contributed by atoms with Gasteiger partial charge in [-0.1, -0.05) is 12.1 Å². The monoisotopic (exact) mass is 246 g/mol. The number of aliphatic hydroxyl groups excluding tert-OH is 1. The SMILES string of the molecule is CC(O)c1cccn1Cc1cccc([N+](=O)[O-])c1. The Kier molecular flexibility index (Phi) is 3.43. The second-order valence-electron chi connectivity index (χ2n) is 4.16. The zero-order valence-corrected chi connectivity index (χ0v) is 9.98. The molecular weight excluding hydrogens is 232 g/mol. The van der Waals surface area contributed by atoms with Gasteiger partial charge >= 0.3 is 0 Å². The van der Waals surface area contributed by atoms with Crippen LogP contribution >= 0.6 is 0 Å². The number of aliphatic hydroxyl groups is 1. The van der Waals surface area contributed by atoms with E-state index in [1.54, 1.807) is 19.1 Å². The van der Waals surface area contributed by atoms with E-state index in [9.17, 15) is 15.2 Å². The van der Waals surface area contributed by atoms with Crippen LogP contribution in [0.25, 0.3) is 0 Å². The third-order valence-electron chi connectivity index (χ3n) is 2.77. The number of aromatic nitrogens is 1. The maximum atomic E-state index is 10.7. The molecule has 1 atom stereocenters. The molecular formula is C13H14N2O3. The summed E-state index contributed by atoms with van der Waals surface area (Å²) in [5, 5.41) is 20.3. The van der Waals surface area contributed by atoms with E-state index < -0.39 is 11.0 Å². The zero-order chi connectivity index (χ0) is 13.1. The summed E-state index contributed by atoms with van der Waals surface area (Å²) >= 11 is 0. The predicted molar refractivity (Wildman–Crippen MR) is 67.3 cm³/mol. The summed E-state index contributed by atoms with van der Waals surface area (Å²) in [4.78, 5) is 10.3. The molecule has 0 aliphatic rings. The average Bonchev–Trinajstić information content (AvgIpc) is 2.77. The highest BCUT2D eigenvalue weighted by Crippen LogP contribution is 2.18. The Balaban J connectivity index is 2.26. The molecule has 1 aromatic carbocycles. The molecule has 0 aliphatic heterocycles. The molecule has 18 heavy (non-hydrogen) atoms. The van der Waals surface area contributed by atoms with E-state index in [1.807, 2.05) is 29.0 Å². The fourth-order valence-electron chi connectivity index (χ4n) is 1.92. The Morgan fingerprint density at radius 2 is 2.17 bits per heavy atom. The Morgan fingerprint density at radius 1 is 1.39 bits per heavy atom. The molecule has 2 aromatic rings. The van der Waals surface area contributed by atoms with Gasteiger partial charge in [0.1, 0.15) is 0 Å². The van der Waals surface area contributed by atoms with Gasteiger partial charge in [-0.05, 0) is 24.6 Å². The molecule has 2 rings (SSSR count). The predicted octanol–water partition coefficient (Wildman–Crippen LogP) is 2.50. The number of hydrogen-bond acceptors (Lipinski definition) is 3. The van der Waals surface area contributed by atoms with Gasteiger partial charge in [0, 0.05) is 30.6 Å². The minimum Gasteiger partial charge on any atom is -0.387 e. The van der Waals surface area contributed by atoms with Crippen molar-refractivity contribution in [2.45, 2.75) is 19.6 Å². The number of non-ortho nitro benzene ring substituents is 1. The van der Waals surface area contributed by atoms with Gasteiger partial charge < -0.3 is 9.67 Å². The Hall–Kier alpha value is -2.14. The Labute approximate surface area is 104 Å². The van der Waals surface area contributed by atoms with E-state index in [0.717, 1.165) is 11.3 Å². The molecule has 0 saturated carbocycles. The van der Waals surface area contributed by atoms with Crippen molar-refractivity contribution in [3.8, 4) is 0 Å². The summed E-state index contributed by atoms with van der Waals surface area (Å²) in [5.41, 5.74) is 1.71. The highest BCUT2D eigenvalue weighted by Gasteiger charge is 2.09. The molecule has 0 aliphatic carbocycles. The van der Waals surface area contributed by atoms with E-state index in [-0.39, 0.29) is 5.69 Å². The number of rotatable bonds is 4. The van der Waals surface area contributed by atoms with E-state index in [0.29, 0.717) is 6.54 Å². The number of nitrogens with zero attached hydrogens (tertiary/aromatic N) is 2. The zero-order valence-electron chi connectivity index (χ0n) is 9.98. The van der Waals surface area contributed by atoms with E-state index in [1.165, 1.54) is 6.07 Å². The molecule has 1 aromatic heterocycles. The van der Waals surface area contributed by atoms with Crippen LogP contribution in [0.15, 0.2) is 42.6 Å². The van der Waals surface area contributed by atoms with Gasteiger partial charge in [-0.3, -0.25) is 10.1 Å². The quantitative estimate of drug-likeness (QED) is 0.665. The first-order valence-corrected chi connectivity index (χ1v) is 5.64. The molecule has 94 valence electrons. The molecule has 0 spiro atoms. The fourth-order valence-corrected chi connectivity index (χ4v) is 1.92. The summed E-state index contributed by atoms with van der Waals surface area (Å²) in [7, 11) is 0. The first kappa shape index (κ1) is 12.3. The second kappa shape index (κ2) is 5.01. The lowest BCUT2D eigenvalue weighted by Crippen LogP contribution is -2.06. The van der Waals surface area contributed by atoms with Crippen molar-refractivity contribution in [3.63, 3.8) is 0 Å². The molecule has 1 unspecified atom stereocenters. The molecule has 5 heteroatoms. The fraction of sp³-hybridized carbons (Fsp3) is 0.231. The first-order valence-electron chi connectivity index (χ1n) is 5.64. The molecule has 0 bridgehead atoms. The summed E-state index contributed by atoms with van der Waals surface area (Å²) in [6, 6.07) is 10.2. The number of benzene rings is 1. The van der Waals surface area contributed by atoms with E-state index in [2.05, 4.69) is 0 Å². The largest absolute Gasteiger partial charge is 0.387 e. The lowest BCUT2D eigenvalue weighted by atomic mass is 10.2. The van der Waals surface area contributed by atoms with Gasteiger partial charge in [-0.2, -0.15) is 0 Å². The number of nitro groups is 1. The van der Waals surface area contributed by atoms with E-state index >= 15 is 0 Å². The van der Waals surface area contributed by atoms with Gasteiger partial charge in [0.25, 0.3) is 5.69 Å². The van der Waals surface area contributed by atoms with Crippen molar-refractivity contribution in [1.82, 2.24) is 4.57 Å². The van der Waals surface area contributed by atoms with Crippen LogP contribution in [0.3, 0.4) is 0 Å². The van der Waals surface area contributed by atoms with Crippen LogP contribution in [0.5, 0.6) is 0 Å². The number of nitro benzene ring substituents is 1. The summed E-state index contributed by atoms with van der Waals surface area (Å²) in [5.74, 6) is 0. The van der Waals surface area contributed by atoms with Gasteiger partial charge in [0.15, 0.2) is 0 Å². The normalized spacial score (nSPS) is 12.3. The van der Waals surface area contributed by atoms with Crippen LogP contribution in [-0.2, 0) is 6.54 Å². The smallest absolute Gasteiger partial charge is 0.269 e. The van der Waals surface area contributed by atoms with Crippen molar-refractivity contribution in [2.24, 2.45) is 0 Å². The van der Waals surface area contributed by atoms with Crippen LogP contribution in [0, 0.1) is 10.1 Å². The number of hydrogen-bond donors (Lipinski definition) is 1. The van der Waals surface area contributed by atoms with E-state index in [4.69, 9.17) is 0 Å². The van der Waals surface area contributed by atoms with Gasteiger partial charge in [0.05, 0.1) is 11.0 Å². The lowest BCUT2D eigenvalue weighted by molar-refractivity contribution is -0.384. The molecule has 1 heterocycles. The standard InChI is InChI=1S/C13H14N2O3/c1-10(16)13-6-3-7-14(13)9-11-4-2-5-12(8-11)15(17)18/h2-8,10,16H,9H2,1H3. The van der Waals surface area contributed by atoms with Crippen molar-refractivity contribution in [3.05, 3.63) is 64.0 Å². The molecule has 0 radical (unpaired) electrons. The molecule has 5 nitrogen and oxygen atoms in total. The van der Waals surface area contributed by atoms with Gasteiger partial charge in [-0.15, -0.1) is 0 Å². The topological polar surface area (TPSA) is 68.3 Å². The van der Waals surface area contributed by atoms with Gasteiger partial charge in [-0.25, -0.2) is 0 Å². The molecule has 0 fully saturated rings. The summed E-state index contributed by atoms with van der Waals surface area (Å²) in [6.45, 7) is 2.20. The van der Waals surface area contributed by atoms with Crippen LogP contribution in [-0.4, -0.2) is 14.6 Å². The maximum Gasteiger partial charge on any atom is 0.269 e. The Morgan fingerprint density at radius 3 is 2.83 bits per heavy atom. The first-order chi connectivity index (χ1) is 8.58. The molecule has 0 amide bonds. The summed E-state index contributed by atoms with van der Waals surface area (Å²) in [6.07, 6.45) is 1.29. The summed E-state index contributed by atoms with van der Waals surface area (Å²) < 4.78 is 1.88. The van der Waals surface area contributed by atoms with Crippen LogP contribution in [0.4, 0.5) is 5.69 Å². The minimum atomic E-state index is -0.557. The van der Waals surface area contributed by atoms with Crippen LogP contribution in [0.2, 0.25) is 0 Å². The molecule has 1 N–H and O–H groups in total. The van der Waals surface area contributed by atoms with Crippen molar-refractivity contribution in [1.29, 1.82) is 0 Å². The lowest BCUT2D eigenvalue weighted by Gasteiger charge is -2.11. The van der Waals surface area contributed by atoms with Crippen molar-refractivity contribution in [2.75, 3.05) is 0 Å². The van der Waals surface area contributed by atoms with Gasteiger partial charge in [0.2, 0.25) is 0 Å². The maximum absolute atomic E-state index is 10.7. The average molecular weight is 246 g/mol. The third kappa shape index (κ3) is 2.57. The second-order valence-corrected chi connectivity index (χ2v) is 4.16. The highest BCUT2D eigenvalue weighted by molar-refractivity contribution is 5.34. The Bertz CT molecular complexity index is 561. The van der Waals surface area contributed by atoms with Crippen molar-refractivity contribution < 1.29 is 10.0 Å². The minimum absolute atomic E-state index is 0.0817. The third-order valence-corrected chi connectivity index (χ3v) is 2.77. The van der Waals surface area contributed by atoms with Crippen LogP contribution < -0.4 is 0 Å². The van der Waals surface area contributed by atoms with Crippen molar-refractivity contribution >= 4 is 5.69 Å². The highest BCUT2D eigenvalue weighted by atomic mass is 16.6. The molecule has 0 saturated heterocycles.